The summed E-state index contributed by atoms with van der Waals surface area (Å²) in [6, 6.07) is 11.0. The van der Waals surface area contributed by atoms with Crippen molar-refractivity contribution in [3.8, 4) is 0 Å². The van der Waals surface area contributed by atoms with Gasteiger partial charge in [0, 0.05) is 45.9 Å². The first-order valence-electron chi connectivity index (χ1n) is 9.10. The van der Waals surface area contributed by atoms with Gasteiger partial charge in [-0.15, -0.1) is 0 Å². The summed E-state index contributed by atoms with van der Waals surface area (Å²) >= 11 is 0. The van der Waals surface area contributed by atoms with Crippen LogP contribution >= 0.6 is 0 Å². The number of urea groups is 1. The van der Waals surface area contributed by atoms with Crippen LogP contribution in [0.4, 0.5) is 4.79 Å². The Morgan fingerprint density at radius 3 is 2.58 bits per heavy atom. The van der Waals surface area contributed by atoms with Gasteiger partial charge in [0.1, 0.15) is 0 Å². The molecule has 0 aliphatic carbocycles. The highest BCUT2D eigenvalue weighted by Crippen LogP contribution is 2.21. The zero-order valence-corrected chi connectivity index (χ0v) is 14.6. The van der Waals surface area contributed by atoms with Gasteiger partial charge in [-0.2, -0.15) is 0 Å². The number of nitrogens with zero attached hydrogens (tertiary/aromatic N) is 2. The summed E-state index contributed by atoms with van der Waals surface area (Å²) in [5.41, 5.74) is 1.33. The molecule has 0 aromatic heterocycles. The molecule has 3 rings (SSSR count). The summed E-state index contributed by atoms with van der Waals surface area (Å²) in [5.74, 6) is 0. The maximum atomic E-state index is 12.1. The predicted molar refractivity (Wildman–Crippen MR) is 95.1 cm³/mol. The molecule has 24 heavy (non-hydrogen) atoms. The monoisotopic (exact) mass is 331 g/mol. The van der Waals surface area contributed by atoms with Crippen molar-refractivity contribution in [1.29, 1.82) is 0 Å². The average Bonchev–Trinajstić information content (AvgIpc) is 2.59. The number of hydrogen-bond donors (Lipinski definition) is 1. The van der Waals surface area contributed by atoms with Crippen LogP contribution in [0.15, 0.2) is 30.3 Å². The molecule has 2 amide bonds. The highest BCUT2D eigenvalue weighted by atomic mass is 16.5. The van der Waals surface area contributed by atoms with E-state index in [0.717, 1.165) is 58.4 Å². The summed E-state index contributed by atoms with van der Waals surface area (Å²) in [7, 11) is 1.80. The van der Waals surface area contributed by atoms with Crippen molar-refractivity contribution >= 4 is 6.03 Å². The lowest BCUT2D eigenvalue weighted by molar-refractivity contribution is -0.00513. The minimum Gasteiger partial charge on any atom is -0.381 e. The molecular formula is C19H29N3O2. The number of carbonyl (C=O) groups excluding carboxylic acids is 1. The van der Waals surface area contributed by atoms with Crippen molar-refractivity contribution in [1.82, 2.24) is 15.1 Å². The van der Waals surface area contributed by atoms with Crippen molar-refractivity contribution in [2.45, 2.75) is 37.8 Å². The molecule has 2 aliphatic rings. The standard InChI is InChI=1S/C19H29N3O2/c1-24-18-9-12-21(13-10-18)17-14-22(15-17)19(23)20-11-5-8-16-6-3-2-4-7-16/h2-4,6-7,17-18H,5,8-15H2,1H3,(H,20,23). The maximum absolute atomic E-state index is 12.1. The van der Waals surface area contributed by atoms with Crippen molar-refractivity contribution in [3.05, 3.63) is 35.9 Å². The largest absolute Gasteiger partial charge is 0.381 e. The number of amides is 2. The Bertz CT molecular complexity index is 509. The number of rotatable bonds is 6. The second kappa shape index (κ2) is 8.49. The Balaban J connectivity index is 1.28. The molecule has 0 unspecified atom stereocenters. The molecule has 5 heteroatoms. The van der Waals surface area contributed by atoms with Crippen LogP contribution in [0.2, 0.25) is 0 Å². The highest BCUT2D eigenvalue weighted by Gasteiger charge is 2.36. The van der Waals surface area contributed by atoms with E-state index in [9.17, 15) is 4.79 Å². The number of ether oxygens (including phenoxy) is 1. The van der Waals surface area contributed by atoms with E-state index in [4.69, 9.17) is 4.74 Å². The molecule has 5 nitrogen and oxygen atoms in total. The van der Waals surface area contributed by atoms with Gasteiger partial charge >= 0.3 is 6.03 Å². The molecule has 1 aromatic carbocycles. The fourth-order valence-corrected chi connectivity index (χ4v) is 3.57. The van der Waals surface area contributed by atoms with Crippen LogP contribution in [-0.4, -0.2) is 67.8 Å². The SMILES string of the molecule is COC1CCN(C2CN(C(=O)NCCCc3ccccc3)C2)CC1. The molecule has 0 saturated carbocycles. The van der Waals surface area contributed by atoms with Gasteiger partial charge in [0.15, 0.2) is 0 Å². The third-order valence-corrected chi connectivity index (χ3v) is 5.24. The number of aryl methyl sites for hydroxylation is 1. The van der Waals surface area contributed by atoms with E-state index in [1.807, 2.05) is 11.0 Å². The molecule has 2 heterocycles. The molecule has 132 valence electrons. The van der Waals surface area contributed by atoms with Crippen molar-refractivity contribution in [3.63, 3.8) is 0 Å². The highest BCUT2D eigenvalue weighted by molar-refractivity contribution is 5.75. The fraction of sp³-hybridized carbons (Fsp3) is 0.632. The number of hydrogen-bond acceptors (Lipinski definition) is 3. The third-order valence-electron chi connectivity index (χ3n) is 5.24. The molecule has 2 fully saturated rings. The third kappa shape index (κ3) is 4.48. The summed E-state index contributed by atoms with van der Waals surface area (Å²) < 4.78 is 5.42. The minimum atomic E-state index is 0.0890. The van der Waals surface area contributed by atoms with Crippen LogP contribution < -0.4 is 5.32 Å². The molecule has 1 N–H and O–H groups in total. The summed E-state index contributed by atoms with van der Waals surface area (Å²) in [6.07, 6.45) is 4.64. The average molecular weight is 331 g/mol. The van der Waals surface area contributed by atoms with Gasteiger partial charge < -0.3 is 15.0 Å². The van der Waals surface area contributed by atoms with E-state index in [1.165, 1.54) is 5.56 Å². The molecule has 0 radical (unpaired) electrons. The van der Waals surface area contributed by atoms with Crippen molar-refractivity contribution < 1.29 is 9.53 Å². The second-order valence-corrected chi connectivity index (χ2v) is 6.85. The molecule has 0 bridgehead atoms. The van der Waals surface area contributed by atoms with E-state index in [-0.39, 0.29) is 6.03 Å². The summed E-state index contributed by atoms with van der Waals surface area (Å²) in [5, 5.41) is 3.04. The molecule has 2 aliphatic heterocycles. The van der Waals surface area contributed by atoms with Crippen LogP contribution in [-0.2, 0) is 11.2 Å². The topological polar surface area (TPSA) is 44.8 Å². The number of piperidine rings is 1. The molecule has 2 saturated heterocycles. The molecule has 1 aromatic rings. The van der Waals surface area contributed by atoms with Crippen LogP contribution in [0, 0.1) is 0 Å². The van der Waals surface area contributed by atoms with E-state index < -0.39 is 0 Å². The predicted octanol–water partition coefficient (Wildman–Crippen LogP) is 2.12. The smallest absolute Gasteiger partial charge is 0.317 e. The lowest BCUT2D eigenvalue weighted by atomic mass is 10.0. The second-order valence-electron chi connectivity index (χ2n) is 6.85. The van der Waals surface area contributed by atoms with Crippen LogP contribution in [0.3, 0.4) is 0 Å². The van der Waals surface area contributed by atoms with Gasteiger partial charge in [-0.25, -0.2) is 4.79 Å². The van der Waals surface area contributed by atoms with Gasteiger partial charge in [0.2, 0.25) is 0 Å². The lowest BCUT2D eigenvalue weighted by Crippen LogP contribution is -2.64. The first kappa shape index (κ1) is 17.2. The van der Waals surface area contributed by atoms with Gasteiger partial charge in [0.25, 0.3) is 0 Å². The number of nitrogens with one attached hydrogen (secondary N) is 1. The Kier molecular flexibility index (Phi) is 6.10. The zero-order valence-electron chi connectivity index (χ0n) is 14.6. The molecular weight excluding hydrogens is 302 g/mol. The zero-order chi connectivity index (χ0) is 16.8. The first-order chi connectivity index (χ1) is 11.8. The molecule has 0 spiro atoms. The Labute approximate surface area is 145 Å². The Morgan fingerprint density at radius 2 is 1.92 bits per heavy atom. The van der Waals surface area contributed by atoms with Crippen LogP contribution in [0.1, 0.15) is 24.8 Å². The van der Waals surface area contributed by atoms with E-state index in [2.05, 4.69) is 34.5 Å². The number of likely N-dealkylation sites (tertiary alicyclic amines) is 2. The minimum absolute atomic E-state index is 0.0890. The van der Waals surface area contributed by atoms with E-state index in [1.54, 1.807) is 7.11 Å². The summed E-state index contributed by atoms with van der Waals surface area (Å²) in [4.78, 5) is 16.6. The maximum Gasteiger partial charge on any atom is 0.317 e. The number of methoxy groups -OCH3 is 1. The van der Waals surface area contributed by atoms with Gasteiger partial charge in [-0.3, -0.25) is 4.90 Å². The summed E-state index contributed by atoms with van der Waals surface area (Å²) in [6.45, 7) is 4.66. The Hall–Kier alpha value is -1.59. The van der Waals surface area contributed by atoms with Gasteiger partial charge in [-0.1, -0.05) is 30.3 Å². The first-order valence-corrected chi connectivity index (χ1v) is 9.10. The number of carbonyl (C=O) groups is 1. The van der Waals surface area contributed by atoms with Crippen molar-refractivity contribution in [2.24, 2.45) is 0 Å². The van der Waals surface area contributed by atoms with Gasteiger partial charge in [-0.05, 0) is 31.2 Å². The quantitative estimate of drug-likeness (QED) is 0.812. The number of benzene rings is 1. The van der Waals surface area contributed by atoms with E-state index >= 15 is 0 Å². The fourth-order valence-electron chi connectivity index (χ4n) is 3.57. The van der Waals surface area contributed by atoms with Gasteiger partial charge in [0.05, 0.1) is 6.10 Å². The van der Waals surface area contributed by atoms with Crippen LogP contribution in [0.25, 0.3) is 0 Å². The van der Waals surface area contributed by atoms with Crippen LogP contribution in [0.5, 0.6) is 0 Å². The Morgan fingerprint density at radius 1 is 1.21 bits per heavy atom. The normalized spacial score (nSPS) is 20.0. The molecule has 0 atom stereocenters. The van der Waals surface area contributed by atoms with Crippen molar-refractivity contribution in [2.75, 3.05) is 39.8 Å². The lowest BCUT2D eigenvalue weighted by Gasteiger charge is -2.47. The van der Waals surface area contributed by atoms with E-state index in [0.29, 0.717) is 12.1 Å².